The van der Waals surface area contributed by atoms with E-state index in [1.165, 1.54) is 42.7 Å². The number of ketones is 1. The number of aromatic nitrogens is 2. The van der Waals surface area contributed by atoms with Crippen LogP contribution < -0.4 is 10.6 Å². The van der Waals surface area contributed by atoms with Gasteiger partial charge in [0.05, 0.1) is 16.8 Å². The third-order valence-electron chi connectivity index (χ3n) is 4.81. The molecule has 1 heterocycles. The molecule has 0 aliphatic heterocycles. The number of anilines is 1. The van der Waals surface area contributed by atoms with Crippen LogP contribution in [0.3, 0.4) is 0 Å². The van der Waals surface area contributed by atoms with E-state index in [1.54, 1.807) is 6.07 Å². The number of amides is 2. The molecular formula is C23H19Cl2F3N4O3S. The van der Waals surface area contributed by atoms with Crippen molar-refractivity contribution in [2.45, 2.75) is 25.1 Å². The Labute approximate surface area is 218 Å². The van der Waals surface area contributed by atoms with E-state index in [0.29, 0.717) is 26.8 Å². The number of nitrogens with zero attached hydrogens (tertiary/aromatic N) is 2. The number of hydrogen-bond acceptors (Lipinski definition) is 6. The van der Waals surface area contributed by atoms with E-state index in [4.69, 9.17) is 23.2 Å². The van der Waals surface area contributed by atoms with Crippen LogP contribution in [-0.4, -0.2) is 51.3 Å². The fraction of sp³-hybridized carbons (Fsp3) is 0.261. The summed E-state index contributed by atoms with van der Waals surface area (Å²) in [6, 6.07) is 8.09. The average Bonchev–Trinajstić information content (AvgIpc) is 2.81. The summed E-state index contributed by atoms with van der Waals surface area (Å²) in [5.41, 5.74) is 1.64. The maximum atomic E-state index is 13.0. The van der Waals surface area contributed by atoms with Crippen LogP contribution in [0.25, 0.3) is 11.0 Å². The smallest absolute Gasteiger partial charge is 0.340 e. The molecule has 0 bridgehead atoms. The third-order valence-corrected chi connectivity index (χ3v) is 6.29. The number of fused-ring (bicyclic) bond motifs is 1. The van der Waals surface area contributed by atoms with Crippen molar-refractivity contribution in [3.63, 3.8) is 0 Å². The van der Waals surface area contributed by atoms with Crippen molar-refractivity contribution < 1.29 is 27.6 Å². The molecule has 13 heteroatoms. The van der Waals surface area contributed by atoms with Gasteiger partial charge in [-0.25, -0.2) is 0 Å². The molecule has 1 atom stereocenters. The normalized spacial score (nSPS) is 12.2. The van der Waals surface area contributed by atoms with Crippen molar-refractivity contribution in [2.24, 2.45) is 0 Å². The van der Waals surface area contributed by atoms with Crippen LogP contribution in [0.4, 0.5) is 18.9 Å². The molecule has 3 rings (SSSR count). The van der Waals surface area contributed by atoms with Gasteiger partial charge >= 0.3 is 6.18 Å². The molecule has 36 heavy (non-hydrogen) atoms. The first-order valence-electron chi connectivity index (χ1n) is 10.5. The van der Waals surface area contributed by atoms with Crippen molar-refractivity contribution in [1.29, 1.82) is 0 Å². The first-order valence-corrected chi connectivity index (χ1v) is 12.4. The molecule has 190 valence electrons. The third kappa shape index (κ3) is 8.07. The topological polar surface area (TPSA) is 101 Å². The highest BCUT2D eigenvalue weighted by Crippen LogP contribution is 2.23. The highest BCUT2D eigenvalue weighted by atomic mass is 35.5. The molecule has 1 aromatic heterocycles. The zero-order valence-corrected chi connectivity index (χ0v) is 20.8. The van der Waals surface area contributed by atoms with Crippen molar-refractivity contribution in [2.75, 3.05) is 16.8 Å². The zero-order valence-electron chi connectivity index (χ0n) is 18.4. The molecule has 0 unspecified atom stereocenters. The Bertz CT molecular complexity index is 1260. The number of thioether (sulfide) groups is 1. The van der Waals surface area contributed by atoms with Crippen LogP contribution >= 0.6 is 35.0 Å². The van der Waals surface area contributed by atoms with Crippen LogP contribution in [0.15, 0.2) is 48.8 Å². The number of carbonyl (C=O) groups is 3. The zero-order chi connectivity index (χ0) is 26.3. The van der Waals surface area contributed by atoms with Gasteiger partial charge in [-0.2, -0.15) is 24.9 Å². The number of halogens is 5. The monoisotopic (exact) mass is 558 g/mol. The van der Waals surface area contributed by atoms with Gasteiger partial charge in [-0.05, 0) is 55.0 Å². The molecular weight excluding hydrogens is 540 g/mol. The Morgan fingerprint density at radius 1 is 0.972 bits per heavy atom. The molecule has 0 aliphatic rings. The van der Waals surface area contributed by atoms with Gasteiger partial charge in [0.15, 0.2) is 0 Å². The highest BCUT2D eigenvalue weighted by molar-refractivity contribution is 7.99. The first kappa shape index (κ1) is 27.7. The summed E-state index contributed by atoms with van der Waals surface area (Å²) in [6.07, 6.45) is -1.52. The van der Waals surface area contributed by atoms with Crippen molar-refractivity contribution in [3.05, 3.63) is 64.4 Å². The lowest BCUT2D eigenvalue weighted by Crippen LogP contribution is -2.44. The van der Waals surface area contributed by atoms with Gasteiger partial charge in [0.1, 0.15) is 6.04 Å². The Morgan fingerprint density at radius 3 is 2.31 bits per heavy atom. The molecule has 0 radical (unpaired) electrons. The second kappa shape index (κ2) is 12.4. The number of alkyl halides is 3. The van der Waals surface area contributed by atoms with Crippen LogP contribution in [0.2, 0.25) is 10.0 Å². The molecule has 3 aromatic rings. The largest absolute Gasteiger partial charge is 0.450 e. The maximum Gasteiger partial charge on any atom is 0.450 e. The van der Waals surface area contributed by atoms with Gasteiger partial charge in [-0.3, -0.25) is 24.4 Å². The van der Waals surface area contributed by atoms with Crippen molar-refractivity contribution in [3.8, 4) is 0 Å². The summed E-state index contributed by atoms with van der Waals surface area (Å²) < 4.78 is 37.1. The predicted octanol–water partition coefficient (Wildman–Crippen LogP) is 5.32. The Hall–Kier alpha value is -2.89. The first-order chi connectivity index (χ1) is 17.0. The van der Waals surface area contributed by atoms with Gasteiger partial charge in [-0.1, -0.05) is 23.2 Å². The molecule has 2 amide bonds. The van der Waals surface area contributed by atoms with Crippen LogP contribution in [-0.2, 0) is 9.59 Å². The van der Waals surface area contributed by atoms with E-state index in [0.717, 1.165) is 11.8 Å². The Balaban J connectivity index is 1.68. The molecule has 0 saturated heterocycles. The van der Waals surface area contributed by atoms with Gasteiger partial charge in [0, 0.05) is 33.7 Å². The number of carbonyl (C=O) groups excluding carboxylic acids is 3. The molecule has 7 nitrogen and oxygen atoms in total. The second-order valence-electron chi connectivity index (χ2n) is 7.55. The summed E-state index contributed by atoms with van der Waals surface area (Å²) in [4.78, 5) is 45.2. The standard InChI is InChI=1S/C23H19Cl2F3N4O3S/c24-14-9-15(25)11-16(10-14)31-22(35)18(2-1-7-36-12-20(33)23(26,27)28)32-21(34)13-3-4-17-19(8-13)30-6-5-29-17/h3-6,8-11,18H,1-2,7,12H2,(H,31,35)(H,32,34)/t18-/m0/s1. The fourth-order valence-electron chi connectivity index (χ4n) is 3.11. The molecule has 2 aromatic carbocycles. The van der Waals surface area contributed by atoms with Gasteiger partial charge in [0.2, 0.25) is 11.7 Å². The maximum absolute atomic E-state index is 13.0. The van der Waals surface area contributed by atoms with E-state index in [-0.39, 0.29) is 24.2 Å². The molecule has 0 aliphatic carbocycles. The lowest BCUT2D eigenvalue weighted by molar-refractivity contribution is -0.167. The quantitative estimate of drug-likeness (QED) is 0.326. The number of nitrogens with one attached hydrogen (secondary N) is 2. The van der Waals surface area contributed by atoms with Crippen LogP contribution in [0.5, 0.6) is 0 Å². The minimum absolute atomic E-state index is 0.104. The summed E-state index contributed by atoms with van der Waals surface area (Å²) in [5.74, 6) is -3.49. The Morgan fingerprint density at radius 2 is 1.64 bits per heavy atom. The van der Waals surface area contributed by atoms with E-state index in [9.17, 15) is 27.6 Å². The molecule has 2 N–H and O–H groups in total. The van der Waals surface area contributed by atoms with Crippen LogP contribution in [0.1, 0.15) is 23.2 Å². The minimum atomic E-state index is -4.88. The van der Waals surface area contributed by atoms with Gasteiger partial charge < -0.3 is 10.6 Å². The summed E-state index contributed by atoms with van der Waals surface area (Å²) in [6.45, 7) is 0. The lowest BCUT2D eigenvalue weighted by Gasteiger charge is -2.19. The summed E-state index contributed by atoms with van der Waals surface area (Å²) in [7, 11) is 0. The summed E-state index contributed by atoms with van der Waals surface area (Å²) >= 11 is 12.8. The van der Waals surface area contributed by atoms with Gasteiger partial charge in [-0.15, -0.1) is 0 Å². The predicted molar refractivity (Wildman–Crippen MR) is 134 cm³/mol. The van der Waals surface area contributed by atoms with E-state index in [1.807, 2.05) is 0 Å². The molecule has 0 spiro atoms. The SMILES string of the molecule is O=C(N[C@@H](CCCSCC(=O)C(F)(F)F)C(=O)Nc1cc(Cl)cc(Cl)c1)c1ccc2nccnc2c1. The fourth-order valence-corrected chi connectivity index (χ4v) is 4.50. The van der Waals surface area contributed by atoms with E-state index in [2.05, 4.69) is 20.6 Å². The second-order valence-corrected chi connectivity index (χ2v) is 9.53. The number of Topliss-reactive ketones (excluding diaryl/α,β-unsaturated/α-hetero) is 1. The van der Waals surface area contributed by atoms with E-state index >= 15 is 0 Å². The van der Waals surface area contributed by atoms with Crippen molar-refractivity contribution in [1.82, 2.24) is 15.3 Å². The number of benzene rings is 2. The van der Waals surface area contributed by atoms with Crippen molar-refractivity contribution >= 4 is 69.3 Å². The average molecular weight is 559 g/mol. The molecule has 0 fully saturated rings. The minimum Gasteiger partial charge on any atom is -0.340 e. The molecule has 0 saturated carbocycles. The van der Waals surface area contributed by atoms with Crippen LogP contribution in [0, 0.1) is 0 Å². The lowest BCUT2D eigenvalue weighted by atomic mass is 10.1. The number of rotatable bonds is 10. The summed E-state index contributed by atoms with van der Waals surface area (Å²) in [5, 5.41) is 5.87. The Kier molecular flexibility index (Phi) is 9.52. The number of hydrogen-bond donors (Lipinski definition) is 2. The highest BCUT2D eigenvalue weighted by Gasteiger charge is 2.37. The van der Waals surface area contributed by atoms with Gasteiger partial charge in [0.25, 0.3) is 5.91 Å². The van der Waals surface area contributed by atoms with E-state index < -0.39 is 35.6 Å².